The van der Waals surface area contributed by atoms with Crippen molar-refractivity contribution in [3.8, 4) is 10.8 Å². The van der Waals surface area contributed by atoms with Crippen LogP contribution in [0.15, 0.2) is 22.8 Å². The first kappa shape index (κ1) is 15.7. The third kappa shape index (κ3) is 3.59. The van der Waals surface area contributed by atoms with Crippen LogP contribution in [0.5, 0.6) is 0 Å². The molecule has 1 amide bonds. The first-order chi connectivity index (χ1) is 11.1. The number of ether oxygens (including phenoxy) is 2. The SMILES string of the molecule is Cc1sc(-c2ccco2)nc1C(=O)OCC(=O)N1CCOCC1. The van der Waals surface area contributed by atoms with Crippen LogP contribution in [0.1, 0.15) is 15.4 Å². The van der Waals surface area contributed by atoms with Crippen LogP contribution in [0.25, 0.3) is 10.8 Å². The Morgan fingerprint density at radius 3 is 2.87 bits per heavy atom. The summed E-state index contributed by atoms with van der Waals surface area (Å²) in [4.78, 5) is 30.7. The van der Waals surface area contributed by atoms with Gasteiger partial charge in [-0.1, -0.05) is 0 Å². The van der Waals surface area contributed by atoms with Gasteiger partial charge in [0.05, 0.1) is 19.5 Å². The fourth-order valence-electron chi connectivity index (χ4n) is 2.19. The second-order valence-corrected chi connectivity index (χ2v) is 6.17. The van der Waals surface area contributed by atoms with E-state index >= 15 is 0 Å². The second kappa shape index (κ2) is 6.93. The molecule has 3 heterocycles. The van der Waals surface area contributed by atoms with Crippen molar-refractivity contribution in [2.45, 2.75) is 6.92 Å². The van der Waals surface area contributed by atoms with E-state index in [9.17, 15) is 9.59 Å². The van der Waals surface area contributed by atoms with Gasteiger partial charge in [0.25, 0.3) is 5.91 Å². The summed E-state index contributed by atoms with van der Waals surface area (Å²) < 4.78 is 15.5. The Morgan fingerprint density at radius 2 is 2.17 bits per heavy atom. The minimum atomic E-state index is -0.599. The lowest BCUT2D eigenvalue weighted by molar-refractivity contribution is -0.138. The largest absolute Gasteiger partial charge is 0.462 e. The number of nitrogens with zero attached hydrogens (tertiary/aromatic N) is 2. The molecule has 0 aromatic carbocycles. The van der Waals surface area contributed by atoms with Gasteiger partial charge in [-0.05, 0) is 19.1 Å². The predicted octanol–water partition coefficient (Wildman–Crippen LogP) is 1.73. The molecule has 1 aliphatic heterocycles. The van der Waals surface area contributed by atoms with Gasteiger partial charge in [0, 0.05) is 18.0 Å². The highest BCUT2D eigenvalue weighted by Crippen LogP contribution is 2.28. The molecular formula is C15H16N2O5S. The molecule has 0 N–H and O–H groups in total. The molecule has 2 aromatic heterocycles. The lowest BCUT2D eigenvalue weighted by Gasteiger charge is -2.26. The molecule has 0 spiro atoms. The van der Waals surface area contributed by atoms with E-state index in [1.54, 1.807) is 30.2 Å². The van der Waals surface area contributed by atoms with E-state index in [1.165, 1.54) is 11.3 Å². The zero-order valence-corrected chi connectivity index (χ0v) is 13.4. The number of hydrogen-bond acceptors (Lipinski definition) is 7. The highest BCUT2D eigenvalue weighted by atomic mass is 32.1. The minimum absolute atomic E-state index is 0.219. The number of carbonyl (C=O) groups is 2. The van der Waals surface area contributed by atoms with Gasteiger partial charge in [0.1, 0.15) is 0 Å². The van der Waals surface area contributed by atoms with E-state index in [0.717, 1.165) is 4.88 Å². The van der Waals surface area contributed by atoms with Crippen LogP contribution in [-0.2, 0) is 14.3 Å². The number of morpholine rings is 1. The summed E-state index contributed by atoms with van der Waals surface area (Å²) in [7, 11) is 0. The van der Waals surface area contributed by atoms with Crippen LogP contribution in [0.2, 0.25) is 0 Å². The highest BCUT2D eigenvalue weighted by Gasteiger charge is 2.22. The van der Waals surface area contributed by atoms with Gasteiger partial charge in [-0.2, -0.15) is 0 Å². The lowest BCUT2D eigenvalue weighted by atomic mass is 10.4. The molecule has 0 unspecified atom stereocenters. The van der Waals surface area contributed by atoms with Crippen molar-refractivity contribution in [2.24, 2.45) is 0 Å². The monoisotopic (exact) mass is 336 g/mol. The molecular weight excluding hydrogens is 320 g/mol. The van der Waals surface area contributed by atoms with Crippen molar-refractivity contribution in [2.75, 3.05) is 32.9 Å². The number of thiazole rings is 1. The number of furan rings is 1. The average Bonchev–Trinajstić information content (AvgIpc) is 3.22. The standard InChI is InChI=1S/C15H16N2O5S/c1-10-13(16-14(23-10)11-3-2-6-21-11)15(19)22-9-12(18)17-4-7-20-8-5-17/h2-3,6H,4-5,7-9H2,1H3. The molecule has 1 aliphatic rings. The van der Waals surface area contributed by atoms with E-state index in [4.69, 9.17) is 13.9 Å². The minimum Gasteiger partial charge on any atom is -0.462 e. The molecule has 8 heteroatoms. The molecule has 3 rings (SSSR count). The van der Waals surface area contributed by atoms with Crippen LogP contribution < -0.4 is 0 Å². The maximum absolute atomic E-state index is 12.1. The highest BCUT2D eigenvalue weighted by molar-refractivity contribution is 7.15. The third-order valence-electron chi connectivity index (χ3n) is 3.41. The Morgan fingerprint density at radius 1 is 1.39 bits per heavy atom. The predicted molar refractivity (Wildman–Crippen MR) is 82.2 cm³/mol. The van der Waals surface area contributed by atoms with Gasteiger partial charge in [0.2, 0.25) is 0 Å². The van der Waals surface area contributed by atoms with Crippen molar-refractivity contribution in [1.82, 2.24) is 9.88 Å². The molecule has 0 radical (unpaired) electrons. The molecule has 23 heavy (non-hydrogen) atoms. The van der Waals surface area contributed by atoms with E-state index < -0.39 is 5.97 Å². The topological polar surface area (TPSA) is 81.9 Å². The Bertz CT molecular complexity index is 689. The number of amides is 1. The molecule has 0 atom stereocenters. The number of esters is 1. The van der Waals surface area contributed by atoms with Gasteiger partial charge < -0.3 is 18.8 Å². The van der Waals surface area contributed by atoms with Crippen LogP contribution in [0, 0.1) is 6.92 Å². The summed E-state index contributed by atoms with van der Waals surface area (Å²) in [6.07, 6.45) is 1.55. The molecule has 0 saturated carbocycles. The Kier molecular flexibility index (Phi) is 4.73. The molecule has 122 valence electrons. The number of aromatic nitrogens is 1. The van der Waals surface area contributed by atoms with E-state index in [2.05, 4.69) is 4.98 Å². The van der Waals surface area contributed by atoms with Crippen molar-refractivity contribution >= 4 is 23.2 Å². The van der Waals surface area contributed by atoms with Gasteiger partial charge in [-0.25, -0.2) is 9.78 Å². The van der Waals surface area contributed by atoms with Crippen molar-refractivity contribution in [1.29, 1.82) is 0 Å². The van der Waals surface area contributed by atoms with E-state index in [-0.39, 0.29) is 18.2 Å². The number of hydrogen-bond donors (Lipinski definition) is 0. The number of aryl methyl sites for hydroxylation is 1. The quantitative estimate of drug-likeness (QED) is 0.791. The normalized spacial score (nSPS) is 14.7. The maximum Gasteiger partial charge on any atom is 0.358 e. The Hall–Kier alpha value is -2.19. The number of carbonyl (C=O) groups excluding carboxylic acids is 2. The van der Waals surface area contributed by atoms with Crippen molar-refractivity contribution in [3.63, 3.8) is 0 Å². The molecule has 1 fully saturated rings. The zero-order valence-electron chi connectivity index (χ0n) is 12.6. The van der Waals surface area contributed by atoms with Gasteiger partial charge in [-0.3, -0.25) is 4.79 Å². The Balaban J connectivity index is 1.61. The van der Waals surface area contributed by atoms with Gasteiger partial charge >= 0.3 is 5.97 Å². The van der Waals surface area contributed by atoms with Crippen LogP contribution >= 0.6 is 11.3 Å². The second-order valence-electron chi connectivity index (χ2n) is 4.97. The fraction of sp³-hybridized carbons (Fsp3) is 0.400. The molecule has 0 bridgehead atoms. The lowest BCUT2D eigenvalue weighted by Crippen LogP contribution is -2.42. The zero-order chi connectivity index (χ0) is 16.2. The smallest absolute Gasteiger partial charge is 0.358 e. The van der Waals surface area contributed by atoms with Crippen LogP contribution in [0.3, 0.4) is 0 Å². The van der Waals surface area contributed by atoms with Crippen molar-refractivity contribution in [3.05, 3.63) is 29.0 Å². The van der Waals surface area contributed by atoms with E-state index in [0.29, 0.717) is 37.1 Å². The molecule has 1 saturated heterocycles. The van der Waals surface area contributed by atoms with E-state index in [1.807, 2.05) is 0 Å². The third-order valence-corrected chi connectivity index (χ3v) is 4.40. The summed E-state index contributed by atoms with van der Waals surface area (Å²) in [5.41, 5.74) is 0.219. The fourth-order valence-corrected chi connectivity index (χ4v) is 3.06. The van der Waals surface area contributed by atoms with Crippen LogP contribution in [-0.4, -0.2) is 54.7 Å². The number of rotatable bonds is 4. The molecule has 2 aromatic rings. The van der Waals surface area contributed by atoms with Crippen LogP contribution in [0.4, 0.5) is 0 Å². The average molecular weight is 336 g/mol. The summed E-state index contributed by atoms with van der Waals surface area (Å²) in [5, 5.41) is 0.610. The Labute approximate surface area is 136 Å². The first-order valence-electron chi connectivity index (χ1n) is 7.19. The summed E-state index contributed by atoms with van der Waals surface area (Å²) in [5.74, 6) is -0.222. The van der Waals surface area contributed by atoms with Gasteiger partial charge in [-0.15, -0.1) is 11.3 Å². The van der Waals surface area contributed by atoms with Crippen molar-refractivity contribution < 1.29 is 23.5 Å². The maximum atomic E-state index is 12.1. The van der Waals surface area contributed by atoms with Gasteiger partial charge in [0.15, 0.2) is 23.1 Å². The summed E-state index contributed by atoms with van der Waals surface area (Å²) >= 11 is 1.35. The summed E-state index contributed by atoms with van der Waals surface area (Å²) in [6, 6.07) is 3.53. The molecule has 0 aliphatic carbocycles. The molecule has 7 nitrogen and oxygen atoms in total. The summed E-state index contributed by atoms with van der Waals surface area (Å²) in [6.45, 7) is 3.56. The first-order valence-corrected chi connectivity index (χ1v) is 8.01.